The van der Waals surface area contributed by atoms with Gasteiger partial charge in [0.05, 0.1) is 11.0 Å². The summed E-state index contributed by atoms with van der Waals surface area (Å²) >= 11 is 0. The lowest BCUT2D eigenvalue weighted by Crippen LogP contribution is -2.09. The second-order valence-electron chi connectivity index (χ2n) is 6.51. The molecule has 22 heavy (non-hydrogen) atoms. The van der Waals surface area contributed by atoms with Crippen LogP contribution in [0.2, 0.25) is 0 Å². The van der Waals surface area contributed by atoms with E-state index in [4.69, 9.17) is 0 Å². The third kappa shape index (κ3) is 2.78. The van der Waals surface area contributed by atoms with Crippen molar-refractivity contribution in [3.8, 4) is 11.4 Å². The SMILES string of the molecule is c1ccc2[nH]c(-c3ccc(CC4CCCCC4)cc3)nc2c1. The fourth-order valence-electron chi connectivity index (χ4n) is 3.61. The van der Waals surface area contributed by atoms with Crippen LogP contribution < -0.4 is 0 Å². The molecule has 0 amide bonds. The van der Waals surface area contributed by atoms with Crippen LogP contribution in [0.4, 0.5) is 0 Å². The van der Waals surface area contributed by atoms with Crippen molar-refractivity contribution in [1.29, 1.82) is 0 Å². The number of fused-ring (bicyclic) bond motifs is 1. The van der Waals surface area contributed by atoms with E-state index in [1.54, 1.807) is 0 Å². The first kappa shape index (κ1) is 13.6. The van der Waals surface area contributed by atoms with Crippen molar-refractivity contribution >= 4 is 11.0 Å². The average Bonchev–Trinajstić information content (AvgIpc) is 3.00. The number of nitrogens with zero attached hydrogens (tertiary/aromatic N) is 1. The van der Waals surface area contributed by atoms with Crippen molar-refractivity contribution < 1.29 is 0 Å². The second-order valence-corrected chi connectivity index (χ2v) is 6.51. The van der Waals surface area contributed by atoms with Gasteiger partial charge >= 0.3 is 0 Å². The van der Waals surface area contributed by atoms with Gasteiger partial charge in [0.15, 0.2) is 0 Å². The summed E-state index contributed by atoms with van der Waals surface area (Å²) in [7, 11) is 0. The molecule has 2 heteroatoms. The van der Waals surface area contributed by atoms with Crippen LogP contribution in [0.5, 0.6) is 0 Å². The lowest BCUT2D eigenvalue weighted by atomic mass is 9.85. The van der Waals surface area contributed by atoms with Crippen LogP contribution >= 0.6 is 0 Å². The molecule has 1 aliphatic carbocycles. The zero-order valence-electron chi connectivity index (χ0n) is 12.9. The molecular weight excluding hydrogens is 268 g/mol. The van der Waals surface area contributed by atoms with Crippen molar-refractivity contribution in [1.82, 2.24) is 9.97 Å². The van der Waals surface area contributed by atoms with Crippen molar-refractivity contribution in [2.75, 3.05) is 0 Å². The number of hydrogen-bond donors (Lipinski definition) is 1. The van der Waals surface area contributed by atoms with Crippen LogP contribution in [-0.2, 0) is 6.42 Å². The summed E-state index contributed by atoms with van der Waals surface area (Å²) in [6.45, 7) is 0. The molecule has 1 fully saturated rings. The number of hydrogen-bond acceptors (Lipinski definition) is 1. The number of rotatable bonds is 3. The Morgan fingerprint density at radius 2 is 1.68 bits per heavy atom. The molecule has 1 N–H and O–H groups in total. The first-order valence-electron chi connectivity index (χ1n) is 8.42. The number of nitrogens with one attached hydrogen (secondary N) is 1. The third-order valence-corrected chi connectivity index (χ3v) is 4.87. The van der Waals surface area contributed by atoms with Gasteiger partial charge < -0.3 is 4.98 Å². The predicted octanol–water partition coefficient (Wildman–Crippen LogP) is 5.35. The van der Waals surface area contributed by atoms with Gasteiger partial charge in [-0.3, -0.25) is 0 Å². The van der Waals surface area contributed by atoms with E-state index >= 15 is 0 Å². The topological polar surface area (TPSA) is 28.7 Å². The highest BCUT2D eigenvalue weighted by Crippen LogP contribution is 2.28. The highest BCUT2D eigenvalue weighted by Gasteiger charge is 2.14. The van der Waals surface area contributed by atoms with E-state index in [1.165, 1.54) is 49.7 Å². The van der Waals surface area contributed by atoms with Gasteiger partial charge in [0.25, 0.3) is 0 Å². The van der Waals surface area contributed by atoms with Crippen LogP contribution in [-0.4, -0.2) is 9.97 Å². The number of H-pyrrole nitrogens is 1. The molecule has 0 bridgehead atoms. The Morgan fingerprint density at radius 1 is 0.909 bits per heavy atom. The van der Waals surface area contributed by atoms with Gasteiger partial charge in [-0.15, -0.1) is 0 Å². The molecule has 2 aromatic carbocycles. The van der Waals surface area contributed by atoms with Gasteiger partial charge in [-0.05, 0) is 30.0 Å². The Balaban J connectivity index is 1.53. The predicted molar refractivity (Wildman–Crippen MR) is 91.8 cm³/mol. The minimum atomic E-state index is 0.894. The molecule has 1 heterocycles. The minimum Gasteiger partial charge on any atom is -0.338 e. The van der Waals surface area contributed by atoms with Gasteiger partial charge in [0, 0.05) is 5.56 Å². The van der Waals surface area contributed by atoms with Gasteiger partial charge in [-0.2, -0.15) is 0 Å². The zero-order valence-corrected chi connectivity index (χ0v) is 12.9. The van der Waals surface area contributed by atoms with Gasteiger partial charge in [-0.25, -0.2) is 4.98 Å². The molecule has 2 nitrogen and oxygen atoms in total. The number of aromatic amines is 1. The first-order chi connectivity index (χ1) is 10.9. The smallest absolute Gasteiger partial charge is 0.138 e. The molecule has 0 spiro atoms. The summed E-state index contributed by atoms with van der Waals surface area (Å²) in [6.07, 6.45) is 8.32. The fraction of sp³-hybridized carbons (Fsp3) is 0.350. The van der Waals surface area contributed by atoms with Crippen LogP contribution in [0.25, 0.3) is 22.4 Å². The summed E-state index contributed by atoms with van der Waals surface area (Å²) in [5.74, 6) is 1.86. The lowest BCUT2D eigenvalue weighted by Gasteiger charge is -2.21. The van der Waals surface area contributed by atoms with E-state index in [9.17, 15) is 0 Å². The van der Waals surface area contributed by atoms with Gasteiger partial charge in [0.2, 0.25) is 0 Å². The summed E-state index contributed by atoms with van der Waals surface area (Å²) in [6, 6.07) is 17.1. The molecule has 0 unspecified atom stereocenters. The fourth-order valence-corrected chi connectivity index (χ4v) is 3.61. The van der Waals surface area contributed by atoms with Crippen molar-refractivity contribution in [3.63, 3.8) is 0 Å². The van der Waals surface area contributed by atoms with E-state index in [1.807, 2.05) is 18.2 Å². The number of benzene rings is 2. The van der Waals surface area contributed by atoms with E-state index in [0.717, 1.165) is 22.8 Å². The summed E-state index contributed by atoms with van der Waals surface area (Å²) in [5.41, 5.74) is 4.77. The maximum atomic E-state index is 4.67. The second kappa shape index (κ2) is 5.96. The molecule has 0 atom stereocenters. The molecule has 1 aliphatic rings. The molecule has 3 aromatic rings. The normalized spacial score (nSPS) is 16.2. The number of para-hydroxylation sites is 2. The van der Waals surface area contributed by atoms with Crippen LogP contribution in [0.3, 0.4) is 0 Å². The largest absolute Gasteiger partial charge is 0.338 e. The Morgan fingerprint density at radius 3 is 2.45 bits per heavy atom. The molecule has 1 saturated carbocycles. The Kier molecular flexibility index (Phi) is 3.67. The van der Waals surface area contributed by atoms with Crippen LogP contribution in [0.15, 0.2) is 48.5 Å². The molecular formula is C20H22N2. The van der Waals surface area contributed by atoms with Gasteiger partial charge in [-0.1, -0.05) is 68.5 Å². The highest BCUT2D eigenvalue weighted by atomic mass is 14.9. The molecule has 112 valence electrons. The first-order valence-corrected chi connectivity index (χ1v) is 8.42. The van der Waals surface area contributed by atoms with Crippen molar-refractivity contribution in [2.24, 2.45) is 5.92 Å². The maximum absolute atomic E-state index is 4.67. The third-order valence-electron chi connectivity index (χ3n) is 4.87. The van der Waals surface area contributed by atoms with E-state index in [0.29, 0.717) is 0 Å². The van der Waals surface area contributed by atoms with Crippen LogP contribution in [0, 0.1) is 5.92 Å². The molecule has 0 saturated heterocycles. The standard InChI is InChI=1S/C20H22N2/c1-2-6-15(7-3-1)14-16-10-12-17(13-11-16)20-21-18-8-4-5-9-19(18)22-20/h4-5,8-13,15H,1-3,6-7,14H2,(H,21,22). The molecule has 0 radical (unpaired) electrons. The summed E-state index contributed by atoms with van der Waals surface area (Å²) in [5, 5.41) is 0. The quantitative estimate of drug-likeness (QED) is 0.691. The maximum Gasteiger partial charge on any atom is 0.138 e. The summed E-state index contributed by atoms with van der Waals surface area (Å²) in [4.78, 5) is 8.07. The van der Waals surface area contributed by atoms with Crippen molar-refractivity contribution in [3.05, 3.63) is 54.1 Å². The Hall–Kier alpha value is -2.09. The summed E-state index contributed by atoms with van der Waals surface area (Å²) < 4.78 is 0. The highest BCUT2D eigenvalue weighted by molar-refractivity contribution is 5.79. The molecule has 4 rings (SSSR count). The number of imidazole rings is 1. The molecule has 0 aliphatic heterocycles. The van der Waals surface area contributed by atoms with E-state index in [-0.39, 0.29) is 0 Å². The van der Waals surface area contributed by atoms with Crippen LogP contribution in [0.1, 0.15) is 37.7 Å². The Bertz CT molecular complexity index is 716. The van der Waals surface area contributed by atoms with E-state index < -0.39 is 0 Å². The lowest BCUT2D eigenvalue weighted by molar-refractivity contribution is 0.356. The van der Waals surface area contributed by atoms with E-state index in [2.05, 4.69) is 40.3 Å². The zero-order chi connectivity index (χ0) is 14.8. The monoisotopic (exact) mass is 290 g/mol. The van der Waals surface area contributed by atoms with Gasteiger partial charge in [0.1, 0.15) is 5.82 Å². The van der Waals surface area contributed by atoms with Crippen molar-refractivity contribution in [2.45, 2.75) is 38.5 Å². The minimum absolute atomic E-state index is 0.894. The number of aromatic nitrogens is 2. The Labute approximate surface area is 131 Å². The molecule has 1 aromatic heterocycles. The average molecular weight is 290 g/mol.